The fourth-order valence-electron chi connectivity index (χ4n) is 3.13. The monoisotopic (exact) mass is 507 g/mol. The quantitative estimate of drug-likeness (QED) is 0.504. The van der Waals surface area contributed by atoms with E-state index in [0.29, 0.717) is 28.5 Å². The summed E-state index contributed by atoms with van der Waals surface area (Å²) in [6.45, 7) is 4.57. The van der Waals surface area contributed by atoms with Gasteiger partial charge in [-0.1, -0.05) is 29.3 Å². The fourth-order valence-corrected chi connectivity index (χ4v) is 6.18. The Kier molecular flexibility index (Phi) is 8.81. The average molecular weight is 508 g/mol. The normalized spacial score (nSPS) is 13.4. The molecule has 31 heavy (non-hydrogen) atoms. The number of aliphatic hydroxyl groups is 1. The van der Waals surface area contributed by atoms with E-state index in [1.807, 2.05) is 0 Å². The number of benzene rings is 2. The minimum Gasteiger partial charge on any atom is -0.392 e. The van der Waals surface area contributed by atoms with Gasteiger partial charge in [-0.25, -0.2) is 16.8 Å². The third kappa shape index (κ3) is 6.35. The zero-order chi connectivity index (χ0) is 23.4. The summed E-state index contributed by atoms with van der Waals surface area (Å²) in [6.07, 6.45) is 0.597. The van der Waals surface area contributed by atoms with Crippen molar-refractivity contribution in [3.05, 3.63) is 58.1 Å². The maximum atomic E-state index is 13.6. The maximum Gasteiger partial charge on any atom is 0.264 e. The molecule has 2 aromatic carbocycles. The number of hydrogen-bond acceptors (Lipinski definition) is 5. The molecule has 2 aromatic rings. The fraction of sp³-hybridized carbons (Fsp3) is 0.429. The zero-order valence-electron chi connectivity index (χ0n) is 17.6. The molecule has 0 spiro atoms. The molecule has 0 saturated heterocycles. The molecule has 172 valence electrons. The molecule has 0 aliphatic carbocycles. The van der Waals surface area contributed by atoms with Crippen LogP contribution in [0.25, 0.3) is 0 Å². The van der Waals surface area contributed by atoms with E-state index in [1.165, 1.54) is 34.6 Å². The van der Waals surface area contributed by atoms with Crippen LogP contribution in [0.4, 0.5) is 5.69 Å². The van der Waals surface area contributed by atoms with Crippen molar-refractivity contribution >= 4 is 48.7 Å². The lowest BCUT2D eigenvalue weighted by Crippen LogP contribution is -2.39. The van der Waals surface area contributed by atoms with Crippen LogP contribution in [0.2, 0.25) is 10.0 Å². The molecular weight excluding hydrogens is 481 g/mol. The Bertz CT molecular complexity index is 1100. The van der Waals surface area contributed by atoms with Gasteiger partial charge in [0, 0.05) is 21.7 Å². The van der Waals surface area contributed by atoms with Gasteiger partial charge in [-0.15, -0.1) is 0 Å². The van der Waals surface area contributed by atoms with Gasteiger partial charge < -0.3 is 5.11 Å². The molecule has 0 radical (unpaired) electrons. The first kappa shape index (κ1) is 25.9. The highest BCUT2D eigenvalue weighted by Crippen LogP contribution is 2.33. The largest absolute Gasteiger partial charge is 0.392 e. The van der Waals surface area contributed by atoms with Crippen molar-refractivity contribution < 1.29 is 21.9 Å². The average Bonchev–Trinajstić information content (AvgIpc) is 2.68. The molecule has 0 fully saturated rings. The van der Waals surface area contributed by atoms with E-state index in [1.54, 1.807) is 32.9 Å². The van der Waals surface area contributed by atoms with E-state index in [0.717, 1.165) is 0 Å². The summed E-state index contributed by atoms with van der Waals surface area (Å²) in [5.74, 6) is -0.0355. The number of halogens is 2. The van der Waals surface area contributed by atoms with Crippen LogP contribution in [0.1, 0.15) is 39.2 Å². The Balaban J connectivity index is 2.48. The molecule has 6 nitrogen and oxygen atoms in total. The number of aliphatic hydroxyl groups excluding tert-OH is 1. The first-order valence-corrected chi connectivity index (χ1v) is 13.7. The third-order valence-corrected chi connectivity index (χ3v) is 9.72. The topological polar surface area (TPSA) is 91.8 Å². The molecule has 0 bridgehead atoms. The van der Waals surface area contributed by atoms with Crippen molar-refractivity contribution in [1.82, 2.24) is 0 Å². The smallest absolute Gasteiger partial charge is 0.264 e. The molecule has 1 atom stereocenters. The molecule has 0 saturated carbocycles. The lowest BCUT2D eigenvalue weighted by Gasteiger charge is -2.32. The van der Waals surface area contributed by atoms with Gasteiger partial charge in [0.05, 0.1) is 28.2 Å². The minimum absolute atomic E-state index is 0.0300. The van der Waals surface area contributed by atoms with Crippen LogP contribution >= 0.6 is 23.2 Å². The van der Waals surface area contributed by atoms with Crippen molar-refractivity contribution in [2.75, 3.05) is 10.1 Å². The number of nitrogens with zero attached hydrogens (tertiary/aromatic N) is 1. The molecule has 2 rings (SSSR count). The highest BCUT2D eigenvalue weighted by Gasteiger charge is 2.31. The zero-order valence-corrected chi connectivity index (χ0v) is 20.8. The first-order chi connectivity index (χ1) is 14.4. The summed E-state index contributed by atoms with van der Waals surface area (Å²) in [5.41, 5.74) is 0.646. The summed E-state index contributed by atoms with van der Waals surface area (Å²) < 4.78 is 52.7. The maximum absolute atomic E-state index is 13.6. The van der Waals surface area contributed by atoms with E-state index < -0.39 is 31.2 Å². The summed E-state index contributed by atoms with van der Waals surface area (Å²) in [6, 6.07) is 9.82. The molecule has 0 heterocycles. The first-order valence-electron chi connectivity index (χ1n) is 9.81. The molecule has 0 aliphatic heterocycles. The predicted molar refractivity (Wildman–Crippen MR) is 126 cm³/mol. The van der Waals surface area contributed by atoms with Gasteiger partial charge in [-0.05, 0) is 70.0 Å². The van der Waals surface area contributed by atoms with Crippen LogP contribution in [-0.2, 0) is 26.5 Å². The van der Waals surface area contributed by atoms with E-state index in [2.05, 4.69) is 0 Å². The number of rotatable bonds is 10. The standard InChI is InChI=1S/C21H27Cl2NO5S2/c1-15(2)30(26,27)12-4-5-16(3)24(21-13-19(23)7-6-17(21)14-25)31(28,29)20-10-8-18(22)9-11-20/h6-11,13,15-16,25H,4-5,12,14H2,1-3H3. The SMILES string of the molecule is CC(CCCS(=O)(=O)C(C)C)N(c1cc(Cl)ccc1CO)S(=O)(=O)c1ccc(Cl)cc1. The Hall–Kier alpha value is -1.32. The Morgan fingerprint density at radius 3 is 2.06 bits per heavy atom. The highest BCUT2D eigenvalue weighted by atomic mass is 35.5. The van der Waals surface area contributed by atoms with Gasteiger partial charge in [-0.3, -0.25) is 4.31 Å². The van der Waals surface area contributed by atoms with Crippen LogP contribution in [0.15, 0.2) is 47.4 Å². The number of anilines is 1. The summed E-state index contributed by atoms with van der Waals surface area (Å²) in [4.78, 5) is 0.0300. The molecule has 0 amide bonds. The summed E-state index contributed by atoms with van der Waals surface area (Å²) in [7, 11) is -7.29. The molecule has 1 unspecified atom stereocenters. The van der Waals surface area contributed by atoms with Gasteiger partial charge in [0.15, 0.2) is 9.84 Å². The summed E-state index contributed by atoms with van der Waals surface area (Å²) >= 11 is 12.0. The van der Waals surface area contributed by atoms with Crippen LogP contribution in [-0.4, -0.2) is 39.0 Å². The number of sulfone groups is 1. The molecule has 1 N–H and O–H groups in total. The molecule has 10 heteroatoms. The lowest BCUT2D eigenvalue weighted by atomic mass is 10.1. The second-order valence-corrected chi connectivity index (χ2v) is 13.0. The van der Waals surface area contributed by atoms with E-state index in [4.69, 9.17) is 23.2 Å². The van der Waals surface area contributed by atoms with Crippen molar-refractivity contribution in [3.63, 3.8) is 0 Å². The van der Waals surface area contributed by atoms with Crippen molar-refractivity contribution in [1.29, 1.82) is 0 Å². The van der Waals surface area contributed by atoms with Gasteiger partial charge in [0.1, 0.15) is 0 Å². The summed E-state index contributed by atoms with van der Waals surface area (Å²) in [5, 5.41) is 10.0. The van der Waals surface area contributed by atoms with E-state index in [9.17, 15) is 21.9 Å². The highest BCUT2D eigenvalue weighted by molar-refractivity contribution is 7.93. The molecular formula is C21H27Cl2NO5S2. The van der Waals surface area contributed by atoms with Crippen LogP contribution in [0.3, 0.4) is 0 Å². The van der Waals surface area contributed by atoms with E-state index in [-0.39, 0.29) is 22.9 Å². The van der Waals surface area contributed by atoms with Crippen molar-refractivity contribution in [3.8, 4) is 0 Å². The minimum atomic E-state index is -4.05. The Morgan fingerprint density at radius 1 is 0.935 bits per heavy atom. The van der Waals surface area contributed by atoms with Crippen LogP contribution in [0, 0.1) is 0 Å². The molecule has 0 aromatic heterocycles. The Labute approximate surface area is 194 Å². The van der Waals surface area contributed by atoms with Crippen molar-refractivity contribution in [2.24, 2.45) is 0 Å². The van der Waals surface area contributed by atoms with Gasteiger partial charge in [-0.2, -0.15) is 0 Å². The van der Waals surface area contributed by atoms with Crippen molar-refractivity contribution in [2.45, 2.75) is 56.4 Å². The van der Waals surface area contributed by atoms with E-state index >= 15 is 0 Å². The second kappa shape index (κ2) is 10.5. The second-order valence-electron chi connectivity index (χ2n) is 7.59. The predicted octanol–water partition coefficient (Wildman–Crippen LogP) is 4.67. The number of sulfonamides is 1. The number of hydrogen-bond donors (Lipinski definition) is 1. The lowest BCUT2D eigenvalue weighted by molar-refractivity contribution is 0.282. The van der Waals surface area contributed by atoms with Gasteiger partial charge in [0.2, 0.25) is 0 Å². The van der Waals surface area contributed by atoms with Crippen LogP contribution in [0.5, 0.6) is 0 Å². The van der Waals surface area contributed by atoms with Gasteiger partial charge in [0.25, 0.3) is 10.0 Å². The third-order valence-electron chi connectivity index (χ3n) is 4.99. The van der Waals surface area contributed by atoms with Crippen LogP contribution < -0.4 is 4.31 Å². The Morgan fingerprint density at radius 2 is 1.52 bits per heavy atom. The van der Waals surface area contributed by atoms with Gasteiger partial charge >= 0.3 is 0 Å². The molecule has 0 aliphatic rings.